The SMILES string of the molecule is COc1ccc(C2Nc3ccccc3C(=O)N2NC(=O)c2cc(OC)c(OC)c(OC)c2)cc1. The molecule has 2 N–H and O–H groups in total. The second-order valence-electron chi connectivity index (χ2n) is 7.40. The lowest BCUT2D eigenvalue weighted by molar-refractivity contribution is 0.0490. The molecule has 34 heavy (non-hydrogen) atoms. The number of carbonyl (C=O) groups is 2. The Morgan fingerprint density at radius 3 is 2.12 bits per heavy atom. The summed E-state index contributed by atoms with van der Waals surface area (Å²) in [5.41, 5.74) is 4.85. The number of hydrogen-bond donors (Lipinski definition) is 2. The van der Waals surface area contributed by atoms with Crippen molar-refractivity contribution >= 4 is 17.5 Å². The Kier molecular flexibility index (Phi) is 6.44. The zero-order chi connectivity index (χ0) is 24.2. The number of benzene rings is 3. The maximum Gasteiger partial charge on any atom is 0.276 e. The van der Waals surface area contributed by atoms with Crippen molar-refractivity contribution in [2.45, 2.75) is 6.17 Å². The Morgan fingerprint density at radius 2 is 1.53 bits per heavy atom. The van der Waals surface area contributed by atoms with E-state index in [2.05, 4.69) is 10.7 Å². The van der Waals surface area contributed by atoms with Crippen LogP contribution in [-0.2, 0) is 0 Å². The molecule has 176 valence electrons. The second-order valence-corrected chi connectivity index (χ2v) is 7.40. The quantitative estimate of drug-likeness (QED) is 0.552. The van der Waals surface area contributed by atoms with Crippen molar-refractivity contribution in [2.24, 2.45) is 0 Å². The van der Waals surface area contributed by atoms with E-state index in [-0.39, 0.29) is 11.5 Å². The molecule has 1 unspecified atom stereocenters. The molecular formula is C25H25N3O6. The smallest absolute Gasteiger partial charge is 0.276 e. The molecule has 1 atom stereocenters. The third kappa shape index (κ3) is 4.15. The van der Waals surface area contributed by atoms with Crippen LogP contribution in [0, 0.1) is 0 Å². The summed E-state index contributed by atoms with van der Waals surface area (Å²) in [7, 11) is 5.99. The van der Waals surface area contributed by atoms with E-state index in [4.69, 9.17) is 18.9 Å². The minimum Gasteiger partial charge on any atom is -0.497 e. The van der Waals surface area contributed by atoms with Gasteiger partial charge >= 0.3 is 0 Å². The molecule has 0 bridgehead atoms. The number of nitrogens with zero attached hydrogens (tertiary/aromatic N) is 1. The first-order valence-electron chi connectivity index (χ1n) is 10.4. The van der Waals surface area contributed by atoms with E-state index in [9.17, 15) is 9.59 Å². The van der Waals surface area contributed by atoms with Gasteiger partial charge in [-0.15, -0.1) is 0 Å². The van der Waals surface area contributed by atoms with Gasteiger partial charge in [0.2, 0.25) is 5.75 Å². The van der Waals surface area contributed by atoms with Gasteiger partial charge in [0.1, 0.15) is 11.9 Å². The monoisotopic (exact) mass is 463 g/mol. The van der Waals surface area contributed by atoms with Gasteiger partial charge in [-0.2, -0.15) is 0 Å². The summed E-state index contributed by atoms with van der Waals surface area (Å²) < 4.78 is 21.3. The number of hydrogen-bond acceptors (Lipinski definition) is 7. The molecule has 0 spiro atoms. The number of para-hydroxylation sites is 1. The summed E-state index contributed by atoms with van der Waals surface area (Å²) in [5, 5.41) is 4.61. The van der Waals surface area contributed by atoms with Crippen molar-refractivity contribution in [1.29, 1.82) is 0 Å². The van der Waals surface area contributed by atoms with E-state index >= 15 is 0 Å². The summed E-state index contributed by atoms with van der Waals surface area (Å²) >= 11 is 0. The van der Waals surface area contributed by atoms with Crippen LogP contribution in [0.5, 0.6) is 23.0 Å². The van der Waals surface area contributed by atoms with Gasteiger partial charge in [-0.3, -0.25) is 15.0 Å². The number of hydrazine groups is 1. The molecule has 3 aromatic rings. The highest BCUT2D eigenvalue weighted by molar-refractivity contribution is 6.04. The molecule has 1 aliphatic rings. The summed E-state index contributed by atoms with van der Waals surface area (Å²) in [6.07, 6.45) is -0.653. The van der Waals surface area contributed by atoms with Crippen LogP contribution in [-0.4, -0.2) is 45.3 Å². The number of carbonyl (C=O) groups excluding carboxylic acids is 2. The number of methoxy groups -OCH3 is 4. The average molecular weight is 463 g/mol. The van der Waals surface area contributed by atoms with Gasteiger partial charge < -0.3 is 24.3 Å². The number of nitrogens with one attached hydrogen (secondary N) is 2. The summed E-state index contributed by atoms with van der Waals surface area (Å²) in [5.74, 6) is 0.823. The van der Waals surface area contributed by atoms with Crippen molar-refractivity contribution in [3.05, 3.63) is 77.4 Å². The molecule has 0 saturated carbocycles. The van der Waals surface area contributed by atoms with Crippen LogP contribution >= 0.6 is 0 Å². The third-order valence-corrected chi connectivity index (χ3v) is 5.51. The fraction of sp³-hybridized carbons (Fsp3) is 0.200. The first-order valence-corrected chi connectivity index (χ1v) is 10.4. The highest BCUT2D eigenvalue weighted by Gasteiger charge is 2.34. The van der Waals surface area contributed by atoms with Crippen LogP contribution in [0.2, 0.25) is 0 Å². The predicted octanol–water partition coefficient (Wildman–Crippen LogP) is 3.63. The molecule has 0 radical (unpaired) electrons. The van der Waals surface area contributed by atoms with Gasteiger partial charge in [0.15, 0.2) is 11.5 Å². The molecule has 9 nitrogen and oxygen atoms in total. The summed E-state index contributed by atoms with van der Waals surface area (Å²) in [6, 6.07) is 17.4. The lowest BCUT2D eigenvalue weighted by atomic mass is 10.0. The molecule has 0 fully saturated rings. The highest BCUT2D eigenvalue weighted by atomic mass is 16.5. The highest BCUT2D eigenvalue weighted by Crippen LogP contribution is 2.38. The van der Waals surface area contributed by atoms with Crippen LogP contribution < -0.4 is 29.7 Å². The Hall–Kier alpha value is -4.40. The average Bonchev–Trinajstić information content (AvgIpc) is 2.89. The molecule has 9 heteroatoms. The first-order chi connectivity index (χ1) is 16.5. The summed E-state index contributed by atoms with van der Waals surface area (Å²) in [6.45, 7) is 0. The van der Waals surface area contributed by atoms with Crippen molar-refractivity contribution in [1.82, 2.24) is 10.4 Å². The van der Waals surface area contributed by atoms with Crippen molar-refractivity contribution in [2.75, 3.05) is 33.8 Å². The topological polar surface area (TPSA) is 98.4 Å². The van der Waals surface area contributed by atoms with Crippen molar-refractivity contribution < 1.29 is 28.5 Å². The number of anilines is 1. The predicted molar refractivity (Wildman–Crippen MR) is 126 cm³/mol. The number of amides is 2. The minimum atomic E-state index is -0.653. The molecule has 0 aliphatic carbocycles. The van der Waals surface area contributed by atoms with Crippen molar-refractivity contribution in [3.63, 3.8) is 0 Å². The fourth-order valence-corrected chi connectivity index (χ4v) is 3.77. The van der Waals surface area contributed by atoms with Gasteiger partial charge in [-0.25, -0.2) is 5.01 Å². The number of fused-ring (bicyclic) bond motifs is 1. The Labute approximate surface area is 197 Å². The maximum atomic E-state index is 13.4. The molecule has 0 saturated heterocycles. The van der Waals surface area contributed by atoms with Crippen LogP contribution in [0.3, 0.4) is 0 Å². The van der Waals surface area contributed by atoms with E-state index in [0.717, 1.165) is 5.56 Å². The van der Waals surface area contributed by atoms with E-state index in [1.54, 1.807) is 31.4 Å². The van der Waals surface area contributed by atoms with E-state index in [1.807, 2.05) is 24.3 Å². The van der Waals surface area contributed by atoms with Gasteiger partial charge in [-0.05, 0) is 42.0 Å². The molecule has 3 aromatic carbocycles. The molecule has 0 aromatic heterocycles. The van der Waals surface area contributed by atoms with Crippen LogP contribution in [0.1, 0.15) is 32.4 Å². The van der Waals surface area contributed by atoms with Gasteiger partial charge in [0.05, 0.1) is 34.0 Å². The standard InChI is InChI=1S/C25H25N3O6/c1-31-17-11-9-15(10-12-17)23-26-19-8-6-5-7-18(19)25(30)28(23)27-24(29)16-13-20(32-2)22(34-4)21(14-16)33-3/h5-14,23,26H,1-4H3,(H,27,29). The van der Waals surface area contributed by atoms with Gasteiger partial charge in [0, 0.05) is 11.3 Å². The second kappa shape index (κ2) is 9.62. The normalized spacial score (nSPS) is 14.5. The largest absolute Gasteiger partial charge is 0.497 e. The van der Waals surface area contributed by atoms with Gasteiger partial charge in [-0.1, -0.05) is 24.3 Å². The fourth-order valence-electron chi connectivity index (χ4n) is 3.77. The Balaban J connectivity index is 1.71. The zero-order valence-electron chi connectivity index (χ0n) is 19.2. The summed E-state index contributed by atoms with van der Waals surface area (Å²) in [4.78, 5) is 26.7. The van der Waals surface area contributed by atoms with E-state index < -0.39 is 12.1 Å². The van der Waals surface area contributed by atoms with Crippen LogP contribution in [0.4, 0.5) is 5.69 Å². The first kappa shape index (κ1) is 22.8. The van der Waals surface area contributed by atoms with Gasteiger partial charge in [0.25, 0.3) is 11.8 Å². The van der Waals surface area contributed by atoms with E-state index in [0.29, 0.717) is 34.2 Å². The van der Waals surface area contributed by atoms with Crippen LogP contribution in [0.15, 0.2) is 60.7 Å². The lowest BCUT2D eigenvalue weighted by Gasteiger charge is -2.37. The Bertz CT molecular complexity index is 1190. The zero-order valence-corrected chi connectivity index (χ0v) is 19.2. The molecule has 4 rings (SSSR count). The molecule has 1 heterocycles. The third-order valence-electron chi connectivity index (χ3n) is 5.51. The molecule has 2 amide bonds. The number of ether oxygens (including phenoxy) is 4. The maximum absolute atomic E-state index is 13.4. The molecular weight excluding hydrogens is 438 g/mol. The minimum absolute atomic E-state index is 0.231. The number of rotatable bonds is 7. The lowest BCUT2D eigenvalue weighted by Crippen LogP contribution is -2.52. The molecule has 1 aliphatic heterocycles. The van der Waals surface area contributed by atoms with E-state index in [1.165, 1.54) is 38.5 Å². The Morgan fingerprint density at radius 1 is 0.882 bits per heavy atom. The van der Waals surface area contributed by atoms with Crippen LogP contribution in [0.25, 0.3) is 0 Å². The van der Waals surface area contributed by atoms with Crippen molar-refractivity contribution in [3.8, 4) is 23.0 Å².